The lowest BCUT2D eigenvalue weighted by Crippen LogP contribution is -2.23. The van der Waals surface area contributed by atoms with Gasteiger partial charge in [-0.25, -0.2) is 0 Å². The van der Waals surface area contributed by atoms with Crippen molar-refractivity contribution in [2.75, 3.05) is 5.32 Å². The molecule has 3 rings (SSSR count). The van der Waals surface area contributed by atoms with Gasteiger partial charge in [-0.2, -0.15) is 5.10 Å². The number of amidine groups is 1. The van der Waals surface area contributed by atoms with Gasteiger partial charge in [0.1, 0.15) is 16.9 Å². The smallest absolute Gasteiger partial charge is 0.255 e. The topological polar surface area (TPSA) is 133 Å². The average Bonchev–Trinajstić information content (AvgIpc) is 2.67. The van der Waals surface area contributed by atoms with E-state index < -0.39 is 0 Å². The van der Waals surface area contributed by atoms with E-state index in [0.717, 1.165) is 0 Å². The van der Waals surface area contributed by atoms with Crippen LogP contribution in [0.4, 0.5) is 5.69 Å². The van der Waals surface area contributed by atoms with Gasteiger partial charge in [0.25, 0.3) is 5.91 Å². The highest BCUT2D eigenvalue weighted by atomic mass is 16.5. The zero-order valence-electron chi connectivity index (χ0n) is 16.4. The average molecular weight is 394 g/mol. The number of nitrogens with one attached hydrogen (secondary N) is 1. The quantitative estimate of drug-likeness (QED) is 0.270. The molecule has 1 amide bonds. The summed E-state index contributed by atoms with van der Waals surface area (Å²) >= 11 is 0. The van der Waals surface area contributed by atoms with E-state index in [1.807, 2.05) is 20.8 Å². The number of hydrogen-bond donors (Lipinski definition) is 3. The van der Waals surface area contributed by atoms with Crippen LogP contribution >= 0.6 is 0 Å². The number of fused-ring (bicyclic) bond motifs is 1. The first-order valence-corrected chi connectivity index (χ1v) is 8.88. The van der Waals surface area contributed by atoms with Gasteiger partial charge in [-0.15, -0.1) is 0 Å². The molecule has 1 aromatic heterocycles. The SMILES string of the molecule is CC(C)(C)Oc1ccc(C(=O)Nc2ccc3oc(C(N)=NN)cc(=O)c3c2)cc1. The van der Waals surface area contributed by atoms with Crippen LogP contribution in [0, 0.1) is 0 Å². The summed E-state index contributed by atoms with van der Waals surface area (Å²) in [4.78, 5) is 24.9. The molecule has 150 valence electrons. The molecule has 0 radical (unpaired) electrons. The molecule has 0 unspecified atom stereocenters. The first kappa shape index (κ1) is 19.9. The Hall–Kier alpha value is -3.81. The fraction of sp³-hybridized carbons (Fsp3) is 0.190. The van der Waals surface area contributed by atoms with E-state index in [4.69, 9.17) is 20.7 Å². The second-order valence-corrected chi connectivity index (χ2v) is 7.39. The number of nitrogens with two attached hydrogens (primary N) is 2. The van der Waals surface area contributed by atoms with Crippen molar-refractivity contribution in [3.8, 4) is 5.75 Å². The Balaban J connectivity index is 1.82. The van der Waals surface area contributed by atoms with Gasteiger partial charge in [-0.1, -0.05) is 0 Å². The van der Waals surface area contributed by atoms with Gasteiger partial charge in [-0.05, 0) is 63.2 Å². The molecule has 1 heterocycles. The Morgan fingerprint density at radius 2 is 1.79 bits per heavy atom. The second-order valence-electron chi connectivity index (χ2n) is 7.39. The van der Waals surface area contributed by atoms with Gasteiger partial charge < -0.3 is 26.0 Å². The molecule has 0 spiro atoms. The molecule has 29 heavy (non-hydrogen) atoms. The van der Waals surface area contributed by atoms with Gasteiger partial charge in [0.15, 0.2) is 17.0 Å². The molecule has 0 saturated carbocycles. The Morgan fingerprint density at radius 1 is 1.10 bits per heavy atom. The number of carbonyl (C=O) groups excluding carboxylic acids is 1. The second kappa shape index (κ2) is 7.67. The van der Waals surface area contributed by atoms with E-state index in [-0.39, 0.29) is 28.5 Å². The lowest BCUT2D eigenvalue weighted by molar-refractivity contribution is 0.102. The molecule has 8 nitrogen and oxygen atoms in total. The molecule has 2 aromatic carbocycles. The normalized spacial score (nSPS) is 12.0. The molecule has 5 N–H and O–H groups in total. The van der Waals surface area contributed by atoms with Crippen LogP contribution in [-0.4, -0.2) is 17.3 Å². The van der Waals surface area contributed by atoms with E-state index >= 15 is 0 Å². The van der Waals surface area contributed by atoms with Crippen LogP contribution in [-0.2, 0) is 0 Å². The number of rotatable bonds is 4. The number of ether oxygens (including phenoxy) is 1. The number of nitrogens with zero attached hydrogens (tertiary/aromatic N) is 1. The minimum Gasteiger partial charge on any atom is -0.488 e. The maximum absolute atomic E-state index is 12.5. The number of amides is 1. The van der Waals surface area contributed by atoms with E-state index in [1.54, 1.807) is 36.4 Å². The first-order valence-electron chi connectivity index (χ1n) is 8.88. The van der Waals surface area contributed by atoms with E-state index in [0.29, 0.717) is 28.0 Å². The molecule has 0 atom stereocenters. The van der Waals surface area contributed by atoms with Gasteiger partial charge >= 0.3 is 0 Å². The summed E-state index contributed by atoms with van der Waals surface area (Å²) < 4.78 is 11.3. The molecule has 0 bridgehead atoms. The van der Waals surface area contributed by atoms with Crippen LogP contribution in [0.2, 0.25) is 0 Å². The van der Waals surface area contributed by atoms with E-state index in [9.17, 15) is 9.59 Å². The lowest BCUT2D eigenvalue weighted by Gasteiger charge is -2.21. The zero-order chi connectivity index (χ0) is 21.2. The molecule has 3 aromatic rings. The molecule has 0 fully saturated rings. The predicted molar refractivity (Wildman–Crippen MR) is 112 cm³/mol. The van der Waals surface area contributed by atoms with Crippen LogP contribution in [0.3, 0.4) is 0 Å². The highest BCUT2D eigenvalue weighted by Crippen LogP contribution is 2.21. The van der Waals surface area contributed by atoms with Crippen molar-refractivity contribution in [1.82, 2.24) is 0 Å². The zero-order valence-corrected chi connectivity index (χ0v) is 16.4. The van der Waals surface area contributed by atoms with E-state index in [2.05, 4.69) is 10.4 Å². The maximum atomic E-state index is 12.5. The summed E-state index contributed by atoms with van der Waals surface area (Å²) in [5, 5.41) is 6.38. The third kappa shape index (κ3) is 4.73. The van der Waals surface area contributed by atoms with E-state index in [1.165, 1.54) is 12.1 Å². The Labute approximate surface area is 167 Å². The number of hydrogen-bond acceptors (Lipinski definition) is 6. The molecule has 0 aliphatic heterocycles. The Bertz CT molecular complexity index is 1140. The monoisotopic (exact) mass is 394 g/mol. The van der Waals surface area contributed by atoms with Crippen molar-refractivity contribution in [2.24, 2.45) is 16.7 Å². The molecular formula is C21H22N4O4. The lowest BCUT2D eigenvalue weighted by atomic mass is 10.1. The summed E-state index contributed by atoms with van der Waals surface area (Å²) in [5.74, 6) is 5.48. The summed E-state index contributed by atoms with van der Waals surface area (Å²) in [5.41, 5.74) is 6.16. The highest BCUT2D eigenvalue weighted by molar-refractivity contribution is 6.05. The fourth-order valence-corrected chi connectivity index (χ4v) is 2.66. The largest absolute Gasteiger partial charge is 0.488 e. The molecule has 0 aliphatic rings. The Kier molecular flexibility index (Phi) is 5.27. The first-order chi connectivity index (χ1) is 13.7. The van der Waals surface area contributed by atoms with Crippen LogP contribution in [0.15, 0.2) is 62.8 Å². The summed E-state index contributed by atoms with van der Waals surface area (Å²) in [6.45, 7) is 5.85. The highest BCUT2D eigenvalue weighted by Gasteiger charge is 2.13. The standard InChI is InChI=1S/C21H22N4O4/c1-21(2,3)29-14-7-4-12(5-8-14)20(27)24-13-6-9-17-15(10-13)16(26)11-18(28-17)19(22)25-23/h4-11H,23H2,1-3H3,(H2,22,25)(H,24,27). The minimum atomic E-state index is -0.326. The minimum absolute atomic E-state index is 0.0827. The third-order valence-corrected chi connectivity index (χ3v) is 3.92. The van der Waals surface area contributed by atoms with Gasteiger partial charge in [0.05, 0.1) is 5.39 Å². The summed E-state index contributed by atoms with van der Waals surface area (Å²) in [6.07, 6.45) is 0. The number of benzene rings is 2. The van der Waals surface area contributed by atoms with Crippen molar-refractivity contribution < 1.29 is 13.9 Å². The van der Waals surface area contributed by atoms with Crippen LogP contribution < -0.4 is 27.1 Å². The molecule has 8 heteroatoms. The van der Waals surface area contributed by atoms with Crippen molar-refractivity contribution in [2.45, 2.75) is 26.4 Å². The van der Waals surface area contributed by atoms with Crippen LogP contribution in [0.25, 0.3) is 11.0 Å². The maximum Gasteiger partial charge on any atom is 0.255 e. The molecule has 0 saturated heterocycles. The van der Waals surface area contributed by atoms with Crippen molar-refractivity contribution in [1.29, 1.82) is 0 Å². The Morgan fingerprint density at radius 3 is 2.41 bits per heavy atom. The molecular weight excluding hydrogens is 372 g/mol. The van der Waals surface area contributed by atoms with Crippen LogP contribution in [0.5, 0.6) is 5.75 Å². The van der Waals surface area contributed by atoms with Crippen molar-refractivity contribution in [3.05, 3.63) is 70.1 Å². The third-order valence-electron chi connectivity index (χ3n) is 3.92. The number of anilines is 1. The van der Waals surface area contributed by atoms with Gasteiger partial charge in [-0.3, -0.25) is 9.59 Å². The predicted octanol–water partition coefficient (Wildman–Crippen LogP) is 2.80. The number of carbonyl (C=O) groups is 1. The molecule has 0 aliphatic carbocycles. The fourth-order valence-electron chi connectivity index (χ4n) is 2.66. The summed E-state index contributed by atoms with van der Waals surface area (Å²) in [6, 6.07) is 12.8. The summed E-state index contributed by atoms with van der Waals surface area (Å²) in [7, 11) is 0. The van der Waals surface area contributed by atoms with Crippen molar-refractivity contribution >= 4 is 28.4 Å². The van der Waals surface area contributed by atoms with Crippen molar-refractivity contribution in [3.63, 3.8) is 0 Å². The van der Waals surface area contributed by atoms with Gasteiger partial charge in [0.2, 0.25) is 0 Å². The number of hydrazone groups is 1. The van der Waals surface area contributed by atoms with Gasteiger partial charge in [0, 0.05) is 17.3 Å². The van der Waals surface area contributed by atoms with Crippen LogP contribution in [0.1, 0.15) is 36.9 Å².